The molecular formula is C13H20N2. The summed E-state index contributed by atoms with van der Waals surface area (Å²) in [6, 6.07) is 2.04. The van der Waals surface area contributed by atoms with Crippen LogP contribution in [0.3, 0.4) is 0 Å². The van der Waals surface area contributed by atoms with Crippen molar-refractivity contribution in [1.82, 2.24) is 0 Å². The molecule has 4 N–H and O–H groups in total. The molecule has 2 aliphatic carbocycles. The Bertz CT molecular complexity index is 409. The zero-order chi connectivity index (χ0) is 9.87. The van der Waals surface area contributed by atoms with Crippen LogP contribution < -0.4 is 11.5 Å². The minimum atomic E-state index is 0. The first-order chi connectivity index (χ1) is 6.68. The highest BCUT2D eigenvalue weighted by Crippen LogP contribution is 2.56. The van der Waals surface area contributed by atoms with Crippen LogP contribution in [0.5, 0.6) is 0 Å². The van der Waals surface area contributed by atoms with Crippen molar-refractivity contribution < 1.29 is 0 Å². The maximum atomic E-state index is 6.06. The van der Waals surface area contributed by atoms with Crippen molar-refractivity contribution in [1.29, 1.82) is 0 Å². The van der Waals surface area contributed by atoms with E-state index in [9.17, 15) is 0 Å². The molecule has 2 nitrogen and oxygen atoms in total. The number of hydrogen-bond acceptors (Lipinski definition) is 2. The van der Waals surface area contributed by atoms with E-state index in [4.69, 9.17) is 11.5 Å². The average molecular weight is 204 g/mol. The molecule has 2 heteroatoms. The lowest BCUT2D eigenvalue weighted by Gasteiger charge is -2.20. The fraction of sp³-hybridized carbons (Fsp3) is 0.538. The number of nitrogens with two attached hydrogens (primary N) is 2. The summed E-state index contributed by atoms with van der Waals surface area (Å²) in [7, 11) is 0. The number of aryl methyl sites for hydroxylation is 1. The molecule has 0 aliphatic heterocycles. The van der Waals surface area contributed by atoms with Gasteiger partial charge in [-0.1, -0.05) is 7.43 Å². The lowest BCUT2D eigenvalue weighted by molar-refractivity contribution is 0.715. The Labute approximate surface area is 91.7 Å². The van der Waals surface area contributed by atoms with Gasteiger partial charge in [-0.3, -0.25) is 0 Å². The monoisotopic (exact) mass is 204 g/mol. The quantitative estimate of drug-likeness (QED) is 0.638. The van der Waals surface area contributed by atoms with Crippen molar-refractivity contribution in [2.24, 2.45) is 0 Å². The molecule has 0 amide bonds. The van der Waals surface area contributed by atoms with Crippen molar-refractivity contribution in [3.05, 3.63) is 22.8 Å². The molecule has 2 atom stereocenters. The average Bonchev–Trinajstić information content (AvgIpc) is 2.73. The second-order valence-electron chi connectivity index (χ2n) is 4.73. The van der Waals surface area contributed by atoms with Crippen LogP contribution in [0.15, 0.2) is 6.07 Å². The fourth-order valence-electron chi connectivity index (χ4n) is 3.39. The molecule has 1 saturated carbocycles. The number of nitrogen functional groups attached to an aromatic ring is 2. The molecule has 2 bridgehead atoms. The predicted molar refractivity (Wildman–Crippen MR) is 66.1 cm³/mol. The third kappa shape index (κ3) is 1.17. The number of benzene rings is 1. The molecule has 1 fully saturated rings. The van der Waals surface area contributed by atoms with Gasteiger partial charge in [0.1, 0.15) is 0 Å². The molecule has 2 unspecified atom stereocenters. The number of hydrogen-bond donors (Lipinski definition) is 2. The third-order valence-electron chi connectivity index (χ3n) is 3.94. The van der Waals surface area contributed by atoms with Crippen LogP contribution in [0.25, 0.3) is 0 Å². The zero-order valence-electron chi connectivity index (χ0n) is 8.51. The second kappa shape index (κ2) is 3.16. The Kier molecular flexibility index (Phi) is 2.18. The fourth-order valence-corrected chi connectivity index (χ4v) is 3.39. The second-order valence-corrected chi connectivity index (χ2v) is 4.73. The summed E-state index contributed by atoms with van der Waals surface area (Å²) in [5.74, 6) is 1.48. The summed E-state index contributed by atoms with van der Waals surface area (Å²) in [6.45, 7) is 2.16. The van der Waals surface area contributed by atoms with Crippen LogP contribution in [-0.4, -0.2) is 0 Å². The summed E-state index contributed by atoms with van der Waals surface area (Å²) < 4.78 is 0. The Morgan fingerprint density at radius 2 is 1.73 bits per heavy atom. The predicted octanol–water partition coefficient (Wildman–Crippen LogP) is 3.16. The molecule has 2 aliphatic rings. The summed E-state index contributed by atoms with van der Waals surface area (Å²) in [4.78, 5) is 0. The van der Waals surface area contributed by atoms with E-state index < -0.39 is 0 Å². The van der Waals surface area contributed by atoms with Gasteiger partial charge in [-0.15, -0.1) is 0 Å². The van der Waals surface area contributed by atoms with E-state index in [0.717, 1.165) is 17.3 Å². The largest absolute Gasteiger partial charge is 0.397 e. The Morgan fingerprint density at radius 1 is 1.13 bits per heavy atom. The Morgan fingerprint density at radius 3 is 2.40 bits per heavy atom. The molecule has 0 saturated heterocycles. The van der Waals surface area contributed by atoms with Gasteiger partial charge in [-0.25, -0.2) is 0 Å². The van der Waals surface area contributed by atoms with Crippen LogP contribution in [-0.2, 0) is 0 Å². The molecule has 1 aromatic rings. The highest BCUT2D eigenvalue weighted by Gasteiger charge is 2.39. The van der Waals surface area contributed by atoms with Crippen molar-refractivity contribution >= 4 is 11.4 Å². The van der Waals surface area contributed by atoms with E-state index in [1.54, 1.807) is 0 Å². The van der Waals surface area contributed by atoms with Crippen molar-refractivity contribution in [3.8, 4) is 0 Å². The molecule has 0 heterocycles. The van der Waals surface area contributed by atoms with Crippen LogP contribution in [0, 0.1) is 6.92 Å². The first-order valence-corrected chi connectivity index (χ1v) is 5.37. The van der Waals surface area contributed by atoms with Gasteiger partial charge >= 0.3 is 0 Å². The lowest BCUT2D eigenvalue weighted by atomic mass is 9.87. The zero-order valence-corrected chi connectivity index (χ0v) is 8.51. The van der Waals surface area contributed by atoms with E-state index in [1.165, 1.54) is 36.0 Å². The molecule has 15 heavy (non-hydrogen) atoms. The highest BCUT2D eigenvalue weighted by atomic mass is 14.7. The Balaban J connectivity index is 0.000000853. The van der Waals surface area contributed by atoms with Gasteiger partial charge in [0, 0.05) is 0 Å². The van der Waals surface area contributed by atoms with Gasteiger partial charge in [0.05, 0.1) is 11.4 Å². The first kappa shape index (κ1) is 10.3. The van der Waals surface area contributed by atoms with Crippen LogP contribution in [0.1, 0.15) is 55.2 Å². The van der Waals surface area contributed by atoms with E-state index in [1.807, 2.05) is 6.07 Å². The minimum Gasteiger partial charge on any atom is -0.397 e. The SMILES string of the molecule is C.Cc1cc(N)c(N)c2c1C1CCC2C1. The van der Waals surface area contributed by atoms with Crippen LogP contribution in [0.2, 0.25) is 0 Å². The van der Waals surface area contributed by atoms with Gasteiger partial charge in [-0.05, 0) is 60.8 Å². The van der Waals surface area contributed by atoms with Crippen molar-refractivity contribution in [3.63, 3.8) is 0 Å². The lowest BCUT2D eigenvalue weighted by Crippen LogP contribution is -2.07. The van der Waals surface area contributed by atoms with Gasteiger partial charge in [0.2, 0.25) is 0 Å². The van der Waals surface area contributed by atoms with Gasteiger partial charge in [0.25, 0.3) is 0 Å². The van der Waals surface area contributed by atoms with Crippen LogP contribution >= 0.6 is 0 Å². The highest BCUT2D eigenvalue weighted by molar-refractivity contribution is 5.74. The third-order valence-corrected chi connectivity index (χ3v) is 3.94. The Hall–Kier alpha value is -1.18. The summed E-state index contributed by atoms with van der Waals surface area (Å²) in [5, 5.41) is 0. The first-order valence-electron chi connectivity index (χ1n) is 5.37. The van der Waals surface area contributed by atoms with Crippen LogP contribution in [0.4, 0.5) is 11.4 Å². The van der Waals surface area contributed by atoms with Crippen molar-refractivity contribution in [2.75, 3.05) is 11.5 Å². The maximum absolute atomic E-state index is 6.06. The molecular weight excluding hydrogens is 184 g/mol. The minimum absolute atomic E-state index is 0. The summed E-state index contributed by atoms with van der Waals surface area (Å²) in [5.41, 5.74) is 17.9. The van der Waals surface area contributed by atoms with Gasteiger partial charge in [-0.2, -0.15) is 0 Å². The summed E-state index contributed by atoms with van der Waals surface area (Å²) >= 11 is 0. The topological polar surface area (TPSA) is 52.0 Å². The molecule has 1 aromatic carbocycles. The van der Waals surface area contributed by atoms with Gasteiger partial charge < -0.3 is 11.5 Å². The summed E-state index contributed by atoms with van der Waals surface area (Å²) in [6.07, 6.45) is 3.97. The molecule has 82 valence electrons. The van der Waals surface area contributed by atoms with E-state index in [-0.39, 0.29) is 7.43 Å². The van der Waals surface area contributed by atoms with Crippen molar-refractivity contribution in [2.45, 2.75) is 45.4 Å². The van der Waals surface area contributed by atoms with E-state index in [2.05, 4.69) is 6.92 Å². The molecule has 3 rings (SSSR count). The number of fused-ring (bicyclic) bond motifs is 5. The molecule has 0 spiro atoms. The smallest absolute Gasteiger partial charge is 0.0586 e. The molecule has 0 radical (unpaired) electrons. The molecule has 0 aromatic heterocycles. The maximum Gasteiger partial charge on any atom is 0.0586 e. The van der Waals surface area contributed by atoms with E-state index in [0.29, 0.717) is 5.92 Å². The normalized spacial score (nSPS) is 26.2. The van der Waals surface area contributed by atoms with Gasteiger partial charge in [0.15, 0.2) is 0 Å². The number of rotatable bonds is 0. The standard InChI is InChI=1S/C12H16N2.CH4/c1-6-4-9(13)12(14)11-8-3-2-7(5-8)10(6)11;/h4,7-8H,2-3,5,13-14H2,1H3;1H4. The number of anilines is 2. The van der Waals surface area contributed by atoms with E-state index >= 15 is 0 Å².